The van der Waals surface area contributed by atoms with Gasteiger partial charge in [-0.25, -0.2) is 0 Å². The number of carbonyl (C=O) groups excluding carboxylic acids is 2. The van der Waals surface area contributed by atoms with E-state index in [1.807, 2.05) is 20.8 Å². The van der Waals surface area contributed by atoms with E-state index < -0.39 is 0 Å². The Hall–Kier alpha value is -0.860. The fourth-order valence-corrected chi connectivity index (χ4v) is 0.567. The summed E-state index contributed by atoms with van der Waals surface area (Å²) in [5.41, 5.74) is -0.192. The minimum atomic E-state index is -0.384. The van der Waals surface area contributed by atoms with Crippen LogP contribution in [0.2, 0.25) is 0 Å². The maximum absolute atomic E-state index is 10.3. The van der Waals surface area contributed by atoms with Crippen molar-refractivity contribution in [1.82, 2.24) is 5.32 Å². The van der Waals surface area contributed by atoms with Gasteiger partial charge in [-0.2, -0.15) is 0 Å². The summed E-state index contributed by atoms with van der Waals surface area (Å²) < 4.78 is 0. The van der Waals surface area contributed by atoms with Gasteiger partial charge in [0.15, 0.2) is 0 Å². The predicted molar refractivity (Wildman–Crippen MR) is 38.5 cm³/mol. The van der Waals surface area contributed by atoms with E-state index in [1.54, 1.807) is 0 Å². The summed E-state index contributed by atoms with van der Waals surface area (Å²) in [7, 11) is 0. The predicted octanol–water partition coefficient (Wildman–Crippen LogP) is 0.346. The molecule has 0 rings (SSSR count). The molecule has 0 saturated carbocycles. The van der Waals surface area contributed by atoms with Crippen LogP contribution in [0.5, 0.6) is 0 Å². The third-order valence-electron chi connectivity index (χ3n) is 1.32. The van der Waals surface area contributed by atoms with Crippen molar-refractivity contribution >= 4 is 12.7 Å². The molecule has 0 fully saturated rings. The maximum atomic E-state index is 10.3. The second-order valence-electron chi connectivity index (χ2n) is 3.26. The molecule has 3 heteroatoms. The Morgan fingerprint density at radius 1 is 1.30 bits per heavy atom. The fraction of sp³-hybridized carbons (Fsp3) is 0.714. The maximum Gasteiger partial charge on any atom is 0.207 e. The highest BCUT2D eigenvalue weighted by molar-refractivity contribution is 5.64. The van der Waals surface area contributed by atoms with Crippen molar-refractivity contribution in [3.05, 3.63) is 0 Å². The Bertz CT molecular complexity index is 126. The SMILES string of the molecule is CC(C)(C)C(C=O)NC=O. The highest BCUT2D eigenvalue weighted by Gasteiger charge is 2.22. The van der Waals surface area contributed by atoms with Gasteiger partial charge in [-0.05, 0) is 5.41 Å². The van der Waals surface area contributed by atoms with Crippen LogP contribution in [0.1, 0.15) is 20.8 Å². The lowest BCUT2D eigenvalue weighted by Gasteiger charge is -2.24. The van der Waals surface area contributed by atoms with Crippen LogP contribution in [-0.4, -0.2) is 18.7 Å². The van der Waals surface area contributed by atoms with E-state index in [0.29, 0.717) is 6.41 Å². The van der Waals surface area contributed by atoms with Gasteiger partial charge < -0.3 is 10.1 Å². The van der Waals surface area contributed by atoms with Crippen LogP contribution in [0.4, 0.5) is 0 Å². The van der Waals surface area contributed by atoms with Crippen molar-refractivity contribution < 1.29 is 9.59 Å². The first kappa shape index (κ1) is 9.14. The normalized spacial score (nSPS) is 13.9. The Morgan fingerprint density at radius 3 is 1.90 bits per heavy atom. The summed E-state index contributed by atoms with van der Waals surface area (Å²) in [5, 5.41) is 2.42. The quantitative estimate of drug-likeness (QED) is 0.579. The van der Waals surface area contributed by atoms with Crippen LogP contribution in [0.25, 0.3) is 0 Å². The minimum Gasteiger partial charge on any atom is -0.349 e. The summed E-state index contributed by atoms with van der Waals surface area (Å²) >= 11 is 0. The first-order valence-corrected chi connectivity index (χ1v) is 3.17. The molecule has 0 aromatic carbocycles. The molecule has 1 amide bonds. The molecule has 0 spiro atoms. The Balaban J connectivity index is 4.05. The number of carbonyl (C=O) groups is 2. The fourth-order valence-electron chi connectivity index (χ4n) is 0.567. The van der Waals surface area contributed by atoms with Gasteiger partial charge in [0.1, 0.15) is 6.29 Å². The van der Waals surface area contributed by atoms with E-state index in [4.69, 9.17) is 0 Å². The standard InChI is InChI=1S/C7H13NO2/c1-7(2,3)6(4-9)8-5-10/h4-6H,1-3H3,(H,8,10). The lowest BCUT2D eigenvalue weighted by atomic mass is 9.88. The van der Waals surface area contributed by atoms with Crippen LogP contribution in [0.15, 0.2) is 0 Å². The molecule has 1 N–H and O–H groups in total. The lowest BCUT2D eigenvalue weighted by molar-refractivity contribution is -0.117. The van der Waals surface area contributed by atoms with Crippen molar-refractivity contribution in [3.63, 3.8) is 0 Å². The van der Waals surface area contributed by atoms with E-state index in [1.165, 1.54) is 0 Å². The molecule has 1 atom stereocenters. The van der Waals surface area contributed by atoms with Gasteiger partial charge in [-0.1, -0.05) is 20.8 Å². The molecule has 0 aliphatic rings. The number of rotatable bonds is 3. The summed E-state index contributed by atoms with van der Waals surface area (Å²) in [6.07, 6.45) is 1.29. The van der Waals surface area contributed by atoms with Crippen LogP contribution < -0.4 is 5.32 Å². The molecule has 0 aromatic heterocycles. The number of hydrogen-bond donors (Lipinski definition) is 1. The number of amides is 1. The molecule has 0 bridgehead atoms. The summed E-state index contributed by atoms with van der Waals surface area (Å²) in [4.78, 5) is 20.3. The Labute approximate surface area is 60.8 Å². The van der Waals surface area contributed by atoms with E-state index >= 15 is 0 Å². The van der Waals surface area contributed by atoms with E-state index in [-0.39, 0.29) is 11.5 Å². The zero-order chi connectivity index (χ0) is 8.20. The number of nitrogens with one attached hydrogen (secondary N) is 1. The molecule has 0 aliphatic carbocycles. The number of aldehydes is 1. The van der Waals surface area contributed by atoms with Gasteiger partial charge in [0, 0.05) is 0 Å². The topological polar surface area (TPSA) is 46.2 Å². The van der Waals surface area contributed by atoms with Crippen molar-refractivity contribution in [2.45, 2.75) is 26.8 Å². The van der Waals surface area contributed by atoms with Gasteiger partial charge in [-0.3, -0.25) is 4.79 Å². The van der Waals surface area contributed by atoms with Gasteiger partial charge in [0.05, 0.1) is 6.04 Å². The first-order valence-electron chi connectivity index (χ1n) is 3.17. The molecule has 1 unspecified atom stereocenters. The summed E-state index contributed by atoms with van der Waals surface area (Å²) in [5.74, 6) is 0. The molecule has 3 nitrogen and oxygen atoms in total. The zero-order valence-electron chi connectivity index (χ0n) is 6.55. The smallest absolute Gasteiger partial charge is 0.207 e. The van der Waals surface area contributed by atoms with Gasteiger partial charge >= 0.3 is 0 Å². The van der Waals surface area contributed by atoms with Crippen molar-refractivity contribution in [3.8, 4) is 0 Å². The molecule has 0 heterocycles. The number of hydrogen-bond acceptors (Lipinski definition) is 2. The first-order chi connectivity index (χ1) is 4.52. The second kappa shape index (κ2) is 3.34. The molecular formula is C7H13NO2. The highest BCUT2D eigenvalue weighted by atomic mass is 16.1. The zero-order valence-corrected chi connectivity index (χ0v) is 6.55. The summed E-state index contributed by atoms with van der Waals surface area (Å²) in [6.45, 7) is 5.67. The highest BCUT2D eigenvalue weighted by Crippen LogP contribution is 2.16. The van der Waals surface area contributed by atoms with Crippen LogP contribution in [-0.2, 0) is 9.59 Å². The van der Waals surface area contributed by atoms with Gasteiger partial charge in [0.2, 0.25) is 6.41 Å². The van der Waals surface area contributed by atoms with Crippen molar-refractivity contribution in [2.75, 3.05) is 0 Å². The van der Waals surface area contributed by atoms with Crippen LogP contribution >= 0.6 is 0 Å². The van der Waals surface area contributed by atoms with E-state index in [0.717, 1.165) is 6.29 Å². The van der Waals surface area contributed by atoms with Crippen molar-refractivity contribution in [1.29, 1.82) is 0 Å². The Kier molecular flexibility index (Phi) is 3.06. The second-order valence-corrected chi connectivity index (χ2v) is 3.26. The van der Waals surface area contributed by atoms with Crippen LogP contribution in [0, 0.1) is 5.41 Å². The Morgan fingerprint density at radius 2 is 1.80 bits per heavy atom. The third kappa shape index (κ3) is 2.62. The van der Waals surface area contributed by atoms with Crippen molar-refractivity contribution in [2.24, 2.45) is 5.41 Å². The molecule has 58 valence electrons. The largest absolute Gasteiger partial charge is 0.349 e. The van der Waals surface area contributed by atoms with Gasteiger partial charge in [0.25, 0.3) is 0 Å². The summed E-state index contributed by atoms with van der Waals surface area (Å²) in [6, 6.07) is -0.384. The monoisotopic (exact) mass is 143 g/mol. The average molecular weight is 143 g/mol. The van der Waals surface area contributed by atoms with E-state index in [9.17, 15) is 9.59 Å². The molecule has 0 aromatic rings. The molecule has 0 radical (unpaired) electrons. The lowest BCUT2D eigenvalue weighted by Crippen LogP contribution is -2.40. The van der Waals surface area contributed by atoms with Gasteiger partial charge in [-0.15, -0.1) is 0 Å². The third-order valence-corrected chi connectivity index (χ3v) is 1.32. The van der Waals surface area contributed by atoms with Crippen LogP contribution in [0.3, 0.4) is 0 Å². The van der Waals surface area contributed by atoms with E-state index in [2.05, 4.69) is 5.32 Å². The molecule has 0 saturated heterocycles. The molecule has 10 heavy (non-hydrogen) atoms. The average Bonchev–Trinajstić information content (AvgIpc) is 1.80. The molecule has 0 aliphatic heterocycles. The molecular weight excluding hydrogens is 130 g/mol. The minimum absolute atomic E-state index is 0.192.